The summed E-state index contributed by atoms with van der Waals surface area (Å²) in [5.41, 5.74) is 3.97. The fourth-order valence-corrected chi connectivity index (χ4v) is 9.62. The maximum Gasteiger partial charge on any atom is 0.305 e. The Labute approximate surface area is 285 Å². The summed E-state index contributed by atoms with van der Waals surface area (Å²) in [6.07, 6.45) is 11.2. The molecule has 7 nitrogen and oxygen atoms in total. The van der Waals surface area contributed by atoms with Crippen molar-refractivity contribution in [3.63, 3.8) is 0 Å². The number of likely N-dealkylation sites (tertiary alicyclic amines) is 2. The number of ether oxygens (including phenoxy) is 1. The van der Waals surface area contributed by atoms with E-state index in [9.17, 15) is 14.4 Å². The molecule has 3 aromatic rings. The van der Waals surface area contributed by atoms with Crippen LogP contribution in [0.25, 0.3) is 0 Å². The SMILES string of the molecule is COC(=O)C[C@H]1CCC[C@@H]1[C@](CN1CCC1)(c1cccc(F)c1)C1CCN(CC2CN(c3ccc(C#N)c(Cn4cccc4)c3)C2)CC1. The van der Waals surface area contributed by atoms with E-state index in [1.807, 2.05) is 42.7 Å². The molecule has 3 atom stereocenters. The summed E-state index contributed by atoms with van der Waals surface area (Å²) in [5.74, 6) is 1.39. The Morgan fingerprint density at radius 1 is 0.958 bits per heavy atom. The van der Waals surface area contributed by atoms with Crippen molar-refractivity contribution < 1.29 is 13.9 Å². The van der Waals surface area contributed by atoms with E-state index in [1.54, 1.807) is 6.07 Å². The van der Waals surface area contributed by atoms with Gasteiger partial charge in [-0.1, -0.05) is 18.6 Å². The van der Waals surface area contributed by atoms with Gasteiger partial charge in [0.1, 0.15) is 5.82 Å². The zero-order valence-corrected chi connectivity index (χ0v) is 28.4. The van der Waals surface area contributed by atoms with Gasteiger partial charge in [0.25, 0.3) is 0 Å². The summed E-state index contributed by atoms with van der Waals surface area (Å²) < 4.78 is 22.3. The molecule has 2 aromatic carbocycles. The third-order valence-corrected chi connectivity index (χ3v) is 12.2. The second kappa shape index (κ2) is 14.4. The van der Waals surface area contributed by atoms with Crippen LogP contribution < -0.4 is 4.90 Å². The summed E-state index contributed by atoms with van der Waals surface area (Å²) in [5, 5.41) is 9.68. The highest BCUT2D eigenvalue weighted by Crippen LogP contribution is 2.54. The zero-order valence-electron chi connectivity index (χ0n) is 28.4. The third kappa shape index (κ3) is 6.77. The van der Waals surface area contributed by atoms with Gasteiger partial charge < -0.3 is 24.0 Å². The van der Waals surface area contributed by atoms with Crippen molar-refractivity contribution in [3.8, 4) is 6.07 Å². The number of halogens is 1. The van der Waals surface area contributed by atoms with Gasteiger partial charge in [-0.25, -0.2) is 4.39 Å². The van der Waals surface area contributed by atoms with Gasteiger partial charge in [0.15, 0.2) is 0 Å². The topological polar surface area (TPSA) is 64.7 Å². The van der Waals surface area contributed by atoms with Crippen LogP contribution in [0, 0.1) is 40.8 Å². The molecule has 254 valence electrons. The van der Waals surface area contributed by atoms with Crippen LogP contribution in [-0.2, 0) is 21.5 Å². The van der Waals surface area contributed by atoms with Crippen LogP contribution >= 0.6 is 0 Å². The van der Waals surface area contributed by atoms with Gasteiger partial charge in [-0.2, -0.15) is 5.26 Å². The maximum atomic E-state index is 15.0. The van der Waals surface area contributed by atoms with Crippen LogP contribution in [0.1, 0.15) is 61.6 Å². The van der Waals surface area contributed by atoms with E-state index in [4.69, 9.17) is 4.74 Å². The minimum atomic E-state index is -0.176. The van der Waals surface area contributed by atoms with E-state index in [-0.39, 0.29) is 23.1 Å². The number of hydrogen-bond donors (Lipinski definition) is 0. The quantitative estimate of drug-likeness (QED) is 0.214. The van der Waals surface area contributed by atoms with Gasteiger partial charge in [-0.15, -0.1) is 0 Å². The molecule has 8 heteroatoms. The molecule has 48 heavy (non-hydrogen) atoms. The first-order valence-electron chi connectivity index (χ1n) is 18.1. The first-order valence-corrected chi connectivity index (χ1v) is 18.1. The lowest BCUT2D eigenvalue weighted by molar-refractivity contribution is -0.142. The lowest BCUT2D eigenvalue weighted by Crippen LogP contribution is -2.58. The summed E-state index contributed by atoms with van der Waals surface area (Å²) in [7, 11) is 1.50. The van der Waals surface area contributed by atoms with Crippen molar-refractivity contribution in [3.05, 3.63) is 89.5 Å². The van der Waals surface area contributed by atoms with Crippen LogP contribution in [0.2, 0.25) is 0 Å². The molecule has 3 saturated heterocycles. The summed E-state index contributed by atoms with van der Waals surface area (Å²) in [6.45, 7) is 9.17. The van der Waals surface area contributed by atoms with Crippen LogP contribution in [0.5, 0.6) is 0 Å². The molecule has 4 heterocycles. The number of carbonyl (C=O) groups is 1. The molecule has 0 N–H and O–H groups in total. The Morgan fingerprint density at radius 2 is 1.75 bits per heavy atom. The minimum Gasteiger partial charge on any atom is -0.469 e. The van der Waals surface area contributed by atoms with Gasteiger partial charge in [0.2, 0.25) is 0 Å². The van der Waals surface area contributed by atoms with E-state index < -0.39 is 0 Å². The number of carbonyl (C=O) groups excluding carboxylic acids is 1. The molecule has 7 rings (SSSR count). The Morgan fingerprint density at radius 3 is 2.44 bits per heavy atom. The van der Waals surface area contributed by atoms with Gasteiger partial charge in [0, 0.05) is 68.6 Å². The molecule has 0 spiro atoms. The monoisotopic (exact) mass is 651 g/mol. The number of piperidine rings is 1. The van der Waals surface area contributed by atoms with E-state index in [0.717, 1.165) is 101 Å². The molecule has 0 amide bonds. The van der Waals surface area contributed by atoms with Crippen molar-refractivity contribution in [1.29, 1.82) is 5.26 Å². The number of benzene rings is 2. The molecule has 4 aliphatic rings. The van der Waals surface area contributed by atoms with E-state index in [0.29, 0.717) is 30.7 Å². The van der Waals surface area contributed by atoms with Gasteiger partial charge in [0.05, 0.1) is 18.7 Å². The molecular weight excluding hydrogens is 601 g/mol. The van der Waals surface area contributed by atoms with Crippen LogP contribution in [0.15, 0.2) is 67.0 Å². The number of nitrogens with zero attached hydrogens (tertiary/aromatic N) is 5. The molecular formula is C40H50FN5O2. The predicted octanol–water partition coefficient (Wildman–Crippen LogP) is 6.32. The average Bonchev–Trinajstić information content (AvgIpc) is 3.75. The van der Waals surface area contributed by atoms with Gasteiger partial charge in [-0.3, -0.25) is 4.79 Å². The number of nitriles is 1. The van der Waals surface area contributed by atoms with Gasteiger partial charge in [-0.05, 0) is 130 Å². The predicted molar refractivity (Wildman–Crippen MR) is 186 cm³/mol. The average molecular weight is 652 g/mol. The molecule has 4 fully saturated rings. The highest BCUT2D eigenvalue weighted by atomic mass is 19.1. The van der Waals surface area contributed by atoms with Crippen LogP contribution in [0.4, 0.5) is 10.1 Å². The lowest BCUT2D eigenvalue weighted by Gasteiger charge is -2.54. The number of aromatic nitrogens is 1. The number of methoxy groups -OCH3 is 1. The van der Waals surface area contributed by atoms with Crippen molar-refractivity contribution in [2.75, 3.05) is 64.4 Å². The maximum absolute atomic E-state index is 15.0. The van der Waals surface area contributed by atoms with Gasteiger partial charge >= 0.3 is 5.97 Å². The molecule has 1 aromatic heterocycles. The molecule has 0 radical (unpaired) electrons. The van der Waals surface area contributed by atoms with Crippen molar-refractivity contribution >= 4 is 11.7 Å². The molecule has 3 aliphatic heterocycles. The van der Waals surface area contributed by atoms with E-state index in [2.05, 4.69) is 43.5 Å². The smallest absolute Gasteiger partial charge is 0.305 e. The number of esters is 1. The highest BCUT2D eigenvalue weighted by Gasteiger charge is 2.53. The fraction of sp³-hybridized carbons (Fsp3) is 0.550. The molecule has 0 bridgehead atoms. The first kappa shape index (κ1) is 32.9. The Kier molecular flexibility index (Phi) is 9.88. The largest absolute Gasteiger partial charge is 0.469 e. The summed E-state index contributed by atoms with van der Waals surface area (Å²) in [6, 6.07) is 20.1. The standard InChI is InChI=1S/C40H50FN5O2/c1-48-39(47)22-31-7-4-10-38(31)40(29-45-17-6-18-45,35-8-5-9-36(41)23-35)34-13-19-44(20-14-34)25-30-26-46(27-30)37-12-11-32(24-42)33(21-37)28-43-15-2-3-16-43/h2-3,5,8-9,11-12,15-16,21,23,30-31,34,38H,4,6-7,10,13-14,17-20,22,25-29H2,1H3/t31-,38+,40+/m1/s1. The summed E-state index contributed by atoms with van der Waals surface area (Å²) >= 11 is 0. The molecule has 1 saturated carbocycles. The van der Waals surface area contributed by atoms with E-state index >= 15 is 0 Å². The third-order valence-electron chi connectivity index (χ3n) is 12.2. The molecule has 0 unspecified atom stereocenters. The van der Waals surface area contributed by atoms with E-state index in [1.165, 1.54) is 19.2 Å². The Balaban J connectivity index is 1.03. The number of rotatable bonds is 12. The van der Waals surface area contributed by atoms with Crippen LogP contribution in [-0.4, -0.2) is 79.8 Å². The number of hydrogen-bond acceptors (Lipinski definition) is 6. The lowest BCUT2D eigenvalue weighted by atomic mass is 9.56. The summed E-state index contributed by atoms with van der Waals surface area (Å²) in [4.78, 5) is 20.3. The minimum absolute atomic E-state index is 0.119. The Bertz CT molecular complexity index is 1590. The van der Waals surface area contributed by atoms with Crippen LogP contribution in [0.3, 0.4) is 0 Å². The second-order valence-corrected chi connectivity index (χ2v) is 14.9. The Hall–Kier alpha value is -3.67. The second-order valence-electron chi connectivity index (χ2n) is 14.9. The van der Waals surface area contributed by atoms with Crippen molar-refractivity contribution in [2.24, 2.45) is 23.7 Å². The molecule has 1 aliphatic carbocycles. The highest BCUT2D eigenvalue weighted by molar-refractivity contribution is 5.69. The van der Waals surface area contributed by atoms with Crippen molar-refractivity contribution in [2.45, 2.75) is 56.9 Å². The zero-order chi connectivity index (χ0) is 33.1. The number of anilines is 1. The fourth-order valence-electron chi connectivity index (χ4n) is 9.62. The van der Waals surface area contributed by atoms with Crippen molar-refractivity contribution in [1.82, 2.24) is 14.4 Å². The first-order chi connectivity index (χ1) is 23.4. The normalized spacial score (nSPS) is 23.6.